The molecule has 1 aliphatic heterocycles. The van der Waals surface area contributed by atoms with E-state index in [9.17, 15) is 9.59 Å². The Balaban J connectivity index is 1.68. The van der Waals surface area contributed by atoms with E-state index in [1.54, 1.807) is 11.8 Å². The number of carbonyl (C=O) groups excluding carboxylic acids is 2. The normalized spacial score (nSPS) is 14.1. The van der Waals surface area contributed by atoms with Gasteiger partial charge in [0.2, 0.25) is 0 Å². The van der Waals surface area contributed by atoms with E-state index in [-0.39, 0.29) is 17.7 Å². The number of ketones is 1. The number of ether oxygens (including phenoxy) is 1. The van der Waals surface area contributed by atoms with Crippen molar-refractivity contribution in [2.24, 2.45) is 0 Å². The summed E-state index contributed by atoms with van der Waals surface area (Å²) in [4.78, 5) is 25.7. The van der Waals surface area contributed by atoms with Crippen molar-refractivity contribution in [3.8, 4) is 0 Å². The quantitative estimate of drug-likeness (QED) is 0.452. The third-order valence-electron chi connectivity index (χ3n) is 4.94. The lowest BCUT2D eigenvalue weighted by molar-refractivity contribution is -0.144. The molecule has 1 unspecified atom stereocenters. The number of hydrogen-bond donors (Lipinski definition) is 0. The van der Waals surface area contributed by atoms with Gasteiger partial charge in [-0.15, -0.1) is 11.8 Å². The van der Waals surface area contributed by atoms with Gasteiger partial charge >= 0.3 is 5.97 Å². The Bertz CT molecular complexity index is 828. The molecule has 3 rings (SSSR count). The van der Waals surface area contributed by atoms with E-state index in [1.807, 2.05) is 36.4 Å². The largest absolute Gasteiger partial charge is 0.465 e. The van der Waals surface area contributed by atoms with Crippen molar-refractivity contribution in [2.75, 3.05) is 6.61 Å². The Morgan fingerprint density at radius 3 is 2.78 bits per heavy atom. The topological polar surface area (TPSA) is 43.4 Å². The highest BCUT2D eigenvalue weighted by molar-refractivity contribution is 7.98. The van der Waals surface area contributed by atoms with Gasteiger partial charge in [-0.05, 0) is 29.7 Å². The first-order chi connectivity index (χ1) is 13.1. The summed E-state index contributed by atoms with van der Waals surface area (Å²) >= 11 is 1.70. The predicted molar refractivity (Wildman–Crippen MR) is 109 cm³/mol. The molecule has 1 atom stereocenters. The molecule has 2 aromatic rings. The van der Waals surface area contributed by atoms with E-state index in [2.05, 4.69) is 19.9 Å². The lowest BCUT2D eigenvalue weighted by atomic mass is 9.96. The molecule has 3 nitrogen and oxygen atoms in total. The molecule has 1 heterocycles. The Morgan fingerprint density at radius 2 is 1.96 bits per heavy atom. The first-order valence-electron chi connectivity index (χ1n) is 9.65. The number of carbonyl (C=O) groups is 2. The third kappa shape index (κ3) is 4.81. The van der Waals surface area contributed by atoms with Gasteiger partial charge in [-0.25, -0.2) is 0 Å². The summed E-state index contributed by atoms with van der Waals surface area (Å²) in [6, 6.07) is 13.8. The average Bonchev–Trinajstić information content (AvgIpc) is 2.83. The molecule has 0 spiro atoms. The van der Waals surface area contributed by atoms with Gasteiger partial charge in [0.05, 0.1) is 6.61 Å². The van der Waals surface area contributed by atoms with Crippen LogP contribution in [0, 0.1) is 0 Å². The Morgan fingerprint density at radius 1 is 1.15 bits per heavy atom. The summed E-state index contributed by atoms with van der Waals surface area (Å²) in [5, 5.41) is 0. The van der Waals surface area contributed by atoms with Crippen LogP contribution in [0.2, 0.25) is 0 Å². The fourth-order valence-corrected chi connectivity index (χ4v) is 4.32. The summed E-state index contributed by atoms with van der Waals surface area (Å²) in [6.07, 6.45) is 3.54. The molecule has 0 N–H and O–H groups in total. The summed E-state index contributed by atoms with van der Waals surface area (Å²) < 4.78 is 5.43. The molecule has 0 fully saturated rings. The molecular weight excluding hydrogens is 356 g/mol. The van der Waals surface area contributed by atoms with Crippen LogP contribution < -0.4 is 0 Å². The van der Waals surface area contributed by atoms with Crippen molar-refractivity contribution in [1.82, 2.24) is 0 Å². The number of fused-ring (bicyclic) bond motifs is 2. The molecule has 27 heavy (non-hydrogen) atoms. The molecule has 0 radical (unpaired) electrons. The first kappa shape index (κ1) is 19.7. The van der Waals surface area contributed by atoms with Gasteiger partial charge < -0.3 is 4.74 Å². The van der Waals surface area contributed by atoms with Crippen LogP contribution in [-0.2, 0) is 15.3 Å². The molecule has 2 aromatic carbocycles. The van der Waals surface area contributed by atoms with E-state index in [0.717, 1.165) is 52.2 Å². The van der Waals surface area contributed by atoms with Gasteiger partial charge in [0.15, 0.2) is 5.78 Å². The second-order valence-corrected chi connectivity index (χ2v) is 8.09. The molecule has 0 saturated carbocycles. The molecular formula is C23H26O3S. The van der Waals surface area contributed by atoms with E-state index >= 15 is 0 Å². The van der Waals surface area contributed by atoms with E-state index in [1.165, 1.54) is 0 Å². The van der Waals surface area contributed by atoms with Crippen LogP contribution in [0.5, 0.6) is 0 Å². The zero-order valence-corrected chi connectivity index (χ0v) is 16.8. The molecule has 4 heteroatoms. The highest BCUT2D eigenvalue weighted by atomic mass is 32.2. The van der Waals surface area contributed by atoms with E-state index in [4.69, 9.17) is 4.74 Å². The number of benzene rings is 2. The summed E-state index contributed by atoms with van der Waals surface area (Å²) in [7, 11) is 0. The Labute approximate surface area is 165 Å². The SMILES string of the molecule is CCCCCC(=O)OCC(C)c1ccc2c(c1)SCc1ccccc1C2=O. The van der Waals surface area contributed by atoms with Gasteiger partial charge in [0, 0.05) is 34.1 Å². The zero-order valence-electron chi connectivity index (χ0n) is 16.0. The van der Waals surface area contributed by atoms with Gasteiger partial charge in [-0.2, -0.15) is 0 Å². The van der Waals surface area contributed by atoms with Gasteiger partial charge in [-0.3, -0.25) is 9.59 Å². The molecule has 1 aliphatic rings. The second kappa shape index (κ2) is 9.23. The first-order valence-corrected chi connectivity index (χ1v) is 10.6. The maximum absolute atomic E-state index is 12.9. The highest BCUT2D eigenvalue weighted by Crippen LogP contribution is 2.35. The predicted octanol–water partition coefficient (Wildman–Crippen LogP) is 5.75. The maximum Gasteiger partial charge on any atom is 0.305 e. The molecule has 0 amide bonds. The van der Waals surface area contributed by atoms with Gasteiger partial charge in [-0.1, -0.05) is 57.0 Å². The van der Waals surface area contributed by atoms with Crippen molar-refractivity contribution >= 4 is 23.5 Å². The van der Waals surface area contributed by atoms with Crippen molar-refractivity contribution < 1.29 is 14.3 Å². The minimum absolute atomic E-state index is 0.0900. The number of hydrogen-bond acceptors (Lipinski definition) is 4. The lowest BCUT2D eigenvalue weighted by Crippen LogP contribution is -2.11. The van der Waals surface area contributed by atoms with Gasteiger partial charge in [0.25, 0.3) is 0 Å². The molecule has 0 aromatic heterocycles. The summed E-state index contributed by atoms with van der Waals surface area (Å²) in [6.45, 7) is 4.55. The molecule has 0 aliphatic carbocycles. The zero-order chi connectivity index (χ0) is 19.2. The molecule has 142 valence electrons. The van der Waals surface area contributed by atoms with Crippen molar-refractivity contribution in [2.45, 2.75) is 56.1 Å². The smallest absolute Gasteiger partial charge is 0.305 e. The van der Waals surface area contributed by atoms with Crippen molar-refractivity contribution in [1.29, 1.82) is 0 Å². The fourth-order valence-electron chi connectivity index (χ4n) is 3.23. The van der Waals surface area contributed by atoms with Crippen LogP contribution in [0.15, 0.2) is 47.4 Å². The summed E-state index contributed by atoms with van der Waals surface area (Å²) in [5.41, 5.74) is 3.74. The van der Waals surface area contributed by atoms with Crippen LogP contribution in [-0.4, -0.2) is 18.4 Å². The van der Waals surface area contributed by atoms with Crippen LogP contribution in [0.3, 0.4) is 0 Å². The van der Waals surface area contributed by atoms with Crippen LogP contribution in [0.1, 0.15) is 72.5 Å². The number of rotatable bonds is 7. The minimum Gasteiger partial charge on any atom is -0.465 e. The minimum atomic E-state index is -0.120. The van der Waals surface area contributed by atoms with Crippen LogP contribution in [0.25, 0.3) is 0 Å². The number of esters is 1. The van der Waals surface area contributed by atoms with E-state index < -0.39 is 0 Å². The van der Waals surface area contributed by atoms with E-state index in [0.29, 0.717) is 13.0 Å². The van der Waals surface area contributed by atoms with Crippen molar-refractivity contribution in [3.05, 3.63) is 64.7 Å². The van der Waals surface area contributed by atoms with Gasteiger partial charge in [0.1, 0.15) is 0 Å². The monoisotopic (exact) mass is 382 g/mol. The number of thioether (sulfide) groups is 1. The van der Waals surface area contributed by atoms with Crippen LogP contribution >= 0.6 is 11.8 Å². The average molecular weight is 383 g/mol. The maximum atomic E-state index is 12.9. The standard InChI is InChI=1S/C23H26O3S/c1-3-4-5-10-22(24)26-14-16(2)17-11-12-20-21(13-17)27-15-18-8-6-7-9-19(18)23(20)25/h6-9,11-13,16H,3-5,10,14-15H2,1-2H3. The van der Waals surface area contributed by atoms with Crippen LogP contribution in [0.4, 0.5) is 0 Å². The second-order valence-electron chi connectivity index (χ2n) is 7.07. The Kier molecular flexibility index (Phi) is 6.73. The summed E-state index contributed by atoms with van der Waals surface area (Å²) in [5.74, 6) is 0.864. The third-order valence-corrected chi connectivity index (χ3v) is 6.05. The highest BCUT2D eigenvalue weighted by Gasteiger charge is 2.22. The molecule has 0 saturated heterocycles. The number of unbranched alkanes of at least 4 members (excludes halogenated alkanes) is 2. The fraction of sp³-hybridized carbons (Fsp3) is 0.391. The Hall–Kier alpha value is -2.07. The van der Waals surface area contributed by atoms with Crippen molar-refractivity contribution in [3.63, 3.8) is 0 Å². The molecule has 0 bridgehead atoms. The lowest BCUT2D eigenvalue weighted by Gasteiger charge is -2.15.